The zero-order valence-corrected chi connectivity index (χ0v) is 17.8. The first-order chi connectivity index (χ1) is 13.2. The van der Waals surface area contributed by atoms with Crippen LogP contribution in [0.3, 0.4) is 0 Å². The van der Waals surface area contributed by atoms with Crippen LogP contribution in [0.25, 0.3) is 0 Å². The zero-order chi connectivity index (χ0) is 20.7. The number of sulfonamides is 1. The molecule has 0 aliphatic heterocycles. The molecule has 0 saturated carbocycles. The number of carbonyl (C=O) groups excluding carboxylic acids is 1. The predicted molar refractivity (Wildman–Crippen MR) is 111 cm³/mol. The van der Waals surface area contributed by atoms with Crippen molar-refractivity contribution in [3.63, 3.8) is 0 Å². The van der Waals surface area contributed by atoms with Crippen LogP contribution in [0.15, 0.2) is 53.4 Å². The number of hydrogen-bond acceptors (Lipinski definition) is 4. The molecule has 0 unspecified atom stereocenters. The van der Waals surface area contributed by atoms with Gasteiger partial charge in [0.15, 0.2) is 0 Å². The number of benzene rings is 2. The molecular formula is C20H25FN2O3S2. The van der Waals surface area contributed by atoms with E-state index in [2.05, 4.69) is 4.72 Å². The van der Waals surface area contributed by atoms with Crippen LogP contribution in [0, 0.1) is 12.7 Å². The van der Waals surface area contributed by atoms with Gasteiger partial charge in [0, 0.05) is 13.6 Å². The second kappa shape index (κ2) is 10.0. The summed E-state index contributed by atoms with van der Waals surface area (Å²) in [5, 5.41) is 0. The van der Waals surface area contributed by atoms with Crippen LogP contribution in [-0.4, -0.2) is 44.3 Å². The van der Waals surface area contributed by atoms with Gasteiger partial charge in [0.25, 0.3) is 0 Å². The van der Waals surface area contributed by atoms with E-state index in [1.807, 2.05) is 13.2 Å². The van der Waals surface area contributed by atoms with Gasteiger partial charge < -0.3 is 4.90 Å². The molecule has 1 atom stereocenters. The number of likely N-dealkylation sites (N-methyl/N-ethyl adjacent to an activating group) is 1. The number of rotatable bonds is 9. The Labute approximate surface area is 170 Å². The summed E-state index contributed by atoms with van der Waals surface area (Å²) in [6.45, 7) is 2.06. The van der Waals surface area contributed by atoms with Crippen LogP contribution in [0.5, 0.6) is 0 Å². The number of thioether (sulfide) groups is 1. The van der Waals surface area contributed by atoms with Gasteiger partial charge in [-0.1, -0.05) is 29.8 Å². The standard InChI is InChI=1S/C20H25FN2O3S2/c1-15-7-9-18(10-8-15)28(25,26)22-19(11-12-27-3)20(24)23(2)14-16-5-4-6-17(21)13-16/h4-10,13,19,22H,11-12,14H2,1-3H3/t19-/m1/s1. The average Bonchev–Trinajstić information content (AvgIpc) is 2.64. The maximum atomic E-state index is 13.4. The van der Waals surface area contributed by atoms with Gasteiger partial charge in [-0.25, -0.2) is 12.8 Å². The van der Waals surface area contributed by atoms with Crippen molar-refractivity contribution in [2.45, 2.75) is 30.8 Å². The highest BCUT2D eigenvalue weighted by Crippen LogP contribution is 2.14. The van der Waals surface area contributed by atoms with E-state index >= 15 is 0 Å². The third kappa shape index (κ3) is 6.32. The first-order valence-electron chi connectivity index (χ1n) is 8.80. The Hall–Kier alpha value is -1.90. The minimum Gasteiger partial charge on any atom is -0.340 e. The van der Waals surface area contributed by atoms with E-state index in [0.717, 1.165) is 5.56 Å². The van der Waals surface area contributed by atoms with Gasteiger partial charge in [0.2, 0.25) is 15.9 Å². The monoisotopic (exact) mass is 424 g/mol. The van der Waals surface area contributed by atoms with Crippen molar-refractivity contribution >= 4 is 27.7 Å². The molecule has 0 fully saturated rings. The molecule has 28 heavy (non-hydrogen) atoms. The average molecular weight is 425 g/mol. The van der Waals surface area contributed by atoms with Crippen molar-refractivity contribution in [2.24, 2.45) is 0 Å². The minimum absolute atomic E-state index is 0.118. The van der Waals surface area contributed by atoms with Crippen molar-refractivity contribution in [3.05, 3.63) is 65.5 Å². The quantitative estimate of drug-likeness (QED) is 0.671. The van der Waals surface area contributed by atoms with Crippen molar-refractivity contribution in [3.8, 4) is 0 Å². The first kappa shape index (κ1) is 22.4. The van der Waals surface area contributed by atoms with Crippen molar-refractivity contribution in [1.29, 1.82) is 0 Å². The fourth-order valence-corrected chi connectivity index (χ4v) is 4.39. The number of nitrogens with zero attached hydrogens (tertiary/aromatic N) is 1. The van der Waals surface area contributed by atoms with Gasteiger partial charge in [-0.15, -0.1) is 0 Å². The number of carbonyl (C=O) groups is 1. The number of nitrogens with one attached hydrogen (secondary N) is 1. The van der Waals surface area contributed by atoms with E-state index in [0.29, 0.717) is 17.7 Å². The molecule has 0 aliphatic carbocycles. The lowest BCUT2D eigenvalue weighted by Gasteiger charge is -2.24. The minimum atomic E-state index is -3.83. The Kier molecular flexibility index (Phi) is 8.03. The number of halogens is 1. The van der Waals surface area contributed by atoms with Gasteiger partial charge in [-0.05, 0) is 55.2 Å². The molecular weight excluding hydrogens is 399 g/mol. The van der Waals surface area contributed by atoms with E-state index in [1.165, 1.54) is 40.9 Å². The number of amides is 1. The lowest BCUT2D eigenvalue weighted by Crippen LogP contribution is -2.47. The summed E-state index contributed by atoms with van der Waals surface area (Å²) in [7, 11) is -2.25. The molecule has 152 valence electrons. The Morgan fingerprint density at radius 2 is 1.89 bits per heavy atom. The van der Waals surface area contributed by atoms with E-state index in [4.69, 9.17) is 0 Å². The molecule has 0 spiro atoms. The summed E-state index contributed by atoms with van der Waals surface area (Å²) in [6, 6.07) is 11.6. The molecule has 0 aliphatic rings. The second-order valence-corrected chi connectivity index (χ2v) is 9.29. The van der Waals surface area contributed by atoms with Crippen LogP contribution in [0.2, 0.25) is 0 Å². The summed E-state index contributed by atoms with van der Waals surface area (Å²) >= 11 is 1.53. The van der Waals surface area contributed by atoms with Crippen LogP contribution in [-0.2, 0) is 21.4 Å². The first-order valence-corrected chi connectivity index (χ1v) is 11.7. The fraction of sp³-hybridized carbons (Fsp3) is 0.350. The van der Waals surface area contributed by atoms with Gasteiger partial charge in [-0.3, -0.25) is 4.79 Å². The van der Waals surface area contributed by atoms with Crippen molar-refractivity contribution in [1.82, 2.24) is 9.62 Å². The lowest BCUT2D eigenvalue weighted by atomic mass is 10.1. The molecule has 0 radical (unpaired) electrons. The highest BCUT2D eigenvalue weighted by Gasteiger charge is 2.27. The maximum absolute atomic E-state index is 13.4. The molecule has 1 amide bonds. The summed E-state index contributed by atoms with van der Waals surface area (Å²) in [4.78, 5) is 14.4. The molecule has 1 N–H and O–H groups in total. The molecule has 2 rings (SSSR count). The van der Waals surface area contributed by atoms with Gasteiger partial charge in [0.1, 0.15) is 11.9 Å². The SMILES string of the molecule is CSCC[C@@H](NS(=O)(=O)c1ccc(C)cc1)C(=O)N(C)Cc1cccc(F)c1. The highest BCUT2D eigenvalue weighted by atomic mass is 32.2. The summed E-state index contributed by atoms with van der Waals surface area (Å²) < 4.78 is 41.3. The maximum Gasteiger partial charge on any atom is 0.241 e. The topological polar surface area (TPSA) is 66.5 Å². The van der Waals surface area contributed by atoms with Gasteiger partial charge >= 0.3 is 0 Å². The van der Waals surface area contributed by atoms with E-state index in [9.17, 15) is 17.6 Å². The third-order valence-corrected chi connectivity index (χ3v) is 6.35. The van der Waals surface area contributed by atoms with E-state index in [-0.39, 0.29) is 23.2 Å². The Balaban J connectivity index is 2.16. The van der Waals surface area contributed by atoms with Crippen LogP contribution in [0.4, 0.5) is 4.39 Å². The predicted octanol–water partition coefficient (Wildman–Crippen LogP) is 3.19. The Bertz CT molecular complexity index is 902. The van der Waals surface area contributed by atoms with Crippen LogP contribution >= 0.6 is 11.8 Å². The summed E-state index contributed by atoms with van der Waals surface area (Å²) in [5.41, 5.74) is 1.59. The van der Waals surface area contributed by atoms with Crippen LogP contribution in [0.1, 0.15) is 17.5 Å². The van der Waals surface area contributed by atoms with E-state index in [1.54, 1.807) is 31.3 Å². The van der Waals surface area contributed by atoms with Gasteiger partial charge in [0.05, 0.1) is 4.90 Å². The summed E-state index contributed by atoms with van der Waals surface area (Å²) in [5.74, 6) is -0.105. The fourth-order valence-electron chi connectivity index (χ4n) is 2.69. The molecule has 0 saturated heterocycles. The van der Waals surface area contributed by atoms with Gasteiger partial charge in [-0.2, -0.15) is 16.5 Å². The third-order valence-electron chi connectivity index (χ3n) is 4.22. The van der Waals surface area contributed by atoms with Crippen molar-refractivity contribution in [2.75, 3.05) is 19.1 Å². The number of hydrogen-bond donors (Lipinski definition) is 1. The molecule has 2 aromatic rings. The molecule has 0 bridgehead atoms. The molecule has 0 aromatic heterocycles. The normalized spacial score (nSPS) is 12.6. The van der Waals surface area contributed by atoms with Crippen molar-refractivity contribution < 1.29 is 17.6 Å². The van der Waals surface area contributed by atoms with E-state index < -0.39 is 16.1 Å². The highest BCUT2D eigenvalue weighted by molar-refractivity contribution is 7.98. The molecule has 0 heterocycles. The largest absolute Gasteiger partial charge is 0.340 e. The zero-order valence-electron chi connectivity index (χ0n) is 16.2. The Morgan fingerprint density at radius 3 is 2.50 bits per heavy atom. The second-order valence-electron chi connectivity index (χ2n) is 6.59. The Morgan fingerprint density at radius 1 is 1.21 bits per heavy atom. The van der Waals surface area contributed by atoms with Crippen LogP contribution < -0.4 is 4.72 Å². The summed E-state index contributed by atoms with van der Waals surface area (Å²) in [6.07, 6.45) is 2.26. The lowest BCUT2D eigenvalue weighted by molar-refractivity contribution is -0.132. The number of aryl methyl sites for hydroxylation is 1. The molecule has 8 heteroatoms. The smallest absolute Gasteiger partial charge is 0.241 e. The molecule has 2 aromatic carbocycles. The molecule has 5 nitrogen and oxygen atoms in total.